The highest BCUT2D eigenvalue weighted by Gasteiger charge is 2.41. The van der Waals surface area contributed by atoms with E-state index in [2.05, 4.69) is 139 Å². The maximum Gasteiger partial charge on any atom is 0.243 e. The van der Waals surface area contributed by atoms with Gasteiger partial charge in [0.25, 0.3) is 0 Å². The molecule has 8 nitrogen and oxygen atoms in total. The zero-order chi connectivity index (χ0) is 40.2. The van der Waals surface area contributed by atoms with Gasteiger partial charge in [0.05, 0.1) is 26.2 Å². The second-order valence-electron chi connectivity index (χ2n) is 17.9. The van der Waals surface area contributed by atoms with Crippen molar-refractivity contribution in [3.63, 3.8) is 0 Å². The highest BCUT2D eigenvalue weighted by Crippen LogP contribution is 2.21. The molecule has 0 N–H and O–H groups in total. The summed E-state index contributed by atoms with van der Waals surface area (Å²) in [7, 11) is 0. The van der Waals surface area contributed by atoms with Gasteiger partial charge in [0, 0.05) is 0 Å². The molecule has 0 aliphatic heterocycles. The van der Waals surface area contributed by atoms with Crippen LogP contribution in [0.5, 0.6) is 0 Å². The molecular formula is C49H88Br4N8. The molecule has 12 heteroatoms. The zero-order valence-electron chi connectivity index (χ0n) is 39.1. The summed E-state index contributed by atoms with van der Waals surface area (Å²) in [5.74, 6) is 0. The van der Waals surface area contributed by atoms with Crippen LogP contribution in [0, 0.1) is 5.41 Å². The molecule has 0 radical (unpaired) electrons. The van der Waals surface area contributed by atoms with Crippen molar-refractivity contribution in [2.45, 2.75) is 234 Å². The number of rotatable bonds is 36. The van der Waals surface area contributed by atoms with E-state index < -0.39 is 0 Å². The van der Waals surface area contributed by atoms with Crippen LogP contribution in [0.4, 0.5) is 0 Å². The van der Waals surface area contributed by atoms with E-state index in [-0.39, 0.29) is 73.3 Å². The van der Waals surface area contributed by atoms with Gasteiger partial charge >= 0.3 is 0 Å². The molecule has 0 atom stereocenters. The summed E-state index contributed by atoms with van der Waals surface area (Å²) in [6.07, 6.45) is 60.2. The van der Waals surface area contributed by atoms with E-state index in [4.69, 9.17) is 0 Å². The highest BCUT2D eigenvalue weighted by molar-refractivity contribution is 4.75. The molecule has 0 unspecified atom stereocenters. The molecular weight excluding hydrogens is 1020 g/mol. The number of aromatic nitrogens is 8. The maximum absolute atomic E-state index is 2.49. The summed E-state index contributed by atoms with van der Waals surface area (Å²) in [4.78, 5) is 0. The summed E-state index contributed by atoms with van der Waals surface area (Å²) in [6, 6.07) is 0. The Balaban J connectivity index is 0.00000900. The molecule has 61 heavy (non-hydrogen) atoms. The maximum atomic E-state index is 2.49. The van der Waals surface area contributed by atoms with E-state index in [9.17, 15) is 0 Å². The molecule has 4 rings (SSSR count). The van der Waals surface area contributed by atoms with E-state index in [1.165, 1.54) is 154 Å². The lowest BCUT2D eigenvalue weighted by molar-refractivity contribution is -0.815. The monoisotopic (exact) mass is 1100 g/mol. The van der Waals surface area contributed by atoms with Gasteiger partial charge in [0.1, 0.15) is 81.2 Å². The summed E-state index contributed by atoms with van der Waals surface area (Å²) in [5, 5.41) is 0. The van der Waals surface area contributed by atoms with Crippen molar-refractivity contribution in [1.29, 1.82) is 0 Å². The third-order valence-electron chi connectivity index (χ3n) is 12.1. The summed E-state index contributed by atoms with van der Waals surface area (Å²) in [6.45, 7) is 17.5. The van der Waals surface area contributed by atoms with Gasteiger partial charge in [-0.15, -0.1) is 0 Å². The smallest absolute Gasteiger partial charge is 0.243 e. The molecule has 0 aliphatic rings. The normalized spacial score (nSPS) is 11.2. The molecule has 4 aromatic heterocycles. The van der Waals surface area contributed by atoms with Crippen LogP contribution in [0.15, 0.2) is 74.9 Å². The third kappa shape index (κ3) is 25.1. The number of nitrogens with zero attached hydrogens (tertiary/aromatic N) is 8. The van der Waals surface area contributed by atoms with E-state index in [1.54, 1.807) is 0 Å². The van der Waals surface area contributed by atoms with Crippen LogP contribution in [0.3, 0.4) is 0 Å². The zero-order valence-corrected chi connectivity index (χ0v) is 45.5. The minimum absolute atomic E-state index is 0. The van der Waals surface area contributed by atoms with Crippen molar-refractivity contribution in [3.8, 4) is 0 Å². The first-order valence-corrected chi connectivity index (χ1v) is 24.2. The average molecular weight is 1110 g/mol. The number of unbranched alkanes of at least 4 members (excludes halogenated alkanes) is 20. The molecule has 0 fully saturated rings. The first-order valence-electron chi connectivity index (χ1n) is 24.2. The second-order valence-corrected chi connectivity index (χ2v) is 17.9. The predicted molar refractivity (Wildman–Crippen MR) is 234 cm³/mol. The lowest BCUT2D eigenvalue weighted by Crippen LogP contribution is -3.00. The molecule has 0 saturated heterocycles. The minimum atomic E-state index is -0.0675. The first-order chi connectivity index (χ1) is 28.0. The number of imidazole rings is 4. The average Bonchev–Trinajstić information content (AvgIpc) is 4.04. The van der Waals surface area contributed by atoms with Crippen LogP contribution in [0.2, 0.25) is 0 Å². The fourth-order valence-corrected chi connectivity index (χ4v) is 8.81. The van der Waals surface area contributed by atoms with E-state index in [0.29, 0.717) is 0 Å². The molecule has 0 aliphatic carbocycles. The van der Waals surface area contributed by atoms with Crippen molar-refractivity contribution in [3.05, 3.63) is 74.9 Å². The van der Waals surface area contributed by atoms with E-state index in [1.807, 2.05) is 0 Å². The molecule has 0 bridgehead atoms. The SMILES string of the molecule is CCCCCCCCn1cc[n+](CC(C[n+]2ccn(CCCCCCCC)c2)(C[n+]2ccn(CCCCCCCC)c2)C[n+]2ccn(CCCCCCCC)c2)c1.[Br-].[Br-].[Br-].[Br-]. The van der Waals surface area contributed by atoms with Crippen molar-refractivity contribution in [2.75, 3.05) is 0 Å². The Morgan fingerprint density at radius 1 is 0.295 bits per heavy atom. The van der Waals surface area contributed by atoms with Gasteiger partial charge in [-0.3, -0.25) is 0 Å². The lowest BCUT2D eigenvalue weighted by atomic mass is 9.86. The van der Waals surface area contributed by atoms with Gasteiger partial charge < -0.3 is 67.9 Å². The van der Waals surface area contributed by atoms with Crippen molar-refractivity contribution in [2.24, 2.45) is 5.41 Å². The van der Waals surface area contributed by atoms with Gasteiger partial charge in [0.2, 0.25) is 25.3 Å². The molecule has 4 heterocycles. The third-order valence-corrected chi connectivity index (χ3v) is 12.1. The van der Waals surface area contributed by atoms with Gasteiger partial charge in [-0.2, -0.15) is 0 Å². The molecule has 0 aromatic carbocycles. The van der Waals surface area contributed by atoms with Gasteiger partial charge in [0.15, 0.2) is 0 Å². The van der Waals surface area contributed by atoms with E-state index >= 15 is 0 Å². The van der Waals surface area contributed by atoms with Gasteiger partial charge in [-0.05, 0) is 51.4 Å². The summed E-state index contributed by atoms with van der Waals surface area (Å²) >= 11 is 0. The Labute approximate surface area is 416 Å². The van der Waals surface area contributed by atoms with Gasteiger partial charge in [-0.25, -0.2) is 36.5 Å². The minimum Gasteiger partial charge on any atom is -1.00 e. The van der Waals surface area contributed by atoms with Crippen LogP contribution in [0.1, 0.15) is 182 Å². The highest BCUT2D eigenvalue weighted by atomic mass is 79.9. The summed E-state index contributed by atoms with van der Waals surface area (Å²) < 4.78 is 19.7. The molecule has 0 spiro atoms. The van der Waals surface area contributed by atoms with Crippen LogP contribution in [-0.4, -0.2) is 18.3 Å². The number of hydrogen-bond donors (Lipinski definition) is 0. The fraction of sp³-hybridized carbons (Fsp3) is 0.755. The Morgan fingerprint density at radius 2 is 0.492 bits per heavy atom. The second kappa shape index (κ2) is 37.0. The van der Waals surface area contributed by atoms with Crippen LogP contribution < -0.4 is 86.2 Å². The van der Waals surface area contributed by atoms with Crippen molar-refractivity contribution >= 4 is 0 Å². The van der Waals surface area contributed by atoms with Gasteiger partial charge in [-0.1, -0.05) is 130 Å². The largest absolute Gasteiger partial charge is 1.00 e. The number of aryl methyl sites for hydroxylation is 4. The Bertz CT molecular complexity index is 1330. The molecule has 0 amide bonds. The predicted octanol–water partition coefficient (Wildman–Crippen LogP) is -1.41. The Morgan fingerprint density at radius 3 is 0.705 bits per heavy atom. The number of hydrogen-bond acceptors (Lipinski definition) is 0. The standard InChI is InChI=1S/C49H88N8.4BrH/c1-5-9-13-17-21-25-29-50-33-37-54(45-50)41-49(42-55-38-34-51(46-55)30-26-22-18-14-10-6-2,43-56-39-35-52(47-56)31-27-23-19-15-11-7-3)44-57-40-36-53(48-57)32-28-24-20-16-12-8-4;;;;/h33-40,45-48H,5-32,41-44H2,1-4H3;4*1H/q+4;;;;/p-4. The summed E-state index contributed by atoms with van der Waals surface area (Å²) in [5.41, 5.74) is -0.0675. The first kappa shape index (κ1) is 59.8. The van der Waals surface area contributed by atoms with Crippen LogP contribution in [-0.2, 0) is 52.4 Å². The topological polar surface area (TPSA) is 35.2 Å². The Kier molecular flexibility index (Phi) is 36.3. The molecule has 352 valence electrons. The van der Waals surface area contributed by atoms with Crippen molar-refractivity contribution < 1.29 is 86.2 Å². The molecule has 0 saturated carbocycles. The fourth-order valence-electron chi connectivity index (χ4n) is 8.81. The van der Waals surface area contributed by atoms with Crippen LogP contribution >= 0.6 is 0 Å². The van der Waals surface area contributed by atoms with Crippen LogP contribution in [0.25, 0.3) is 0 Å². The van der Waals surface area contributed by atoms with E-state index in [0.717, 1.165) is 52.4 Å². The van der Waals surface area contributed by atoms with Crippen molar-refractivity contribution in [1.82, 2.24) is 18.3 Å². The quantitative estimate of drug-likeness (QED) is 0.0398. The number of halogens is 4. The lowest BCUT2D eigenvalue weighted by Gasteiger charge is -2.27. The Hall–Kier alpha value is -1.24. The molecule has 4 aromatic rings.